The average Bonchev–Trinajstić information content (AvgIpc) is 2.67. The molecule has 1 heterocycles. The van der Waals surface area contributed by atoms with Gasteiger partial charge in [-0.2, -0.15) is 0 Å². The maximum absolute atomic E-state index is 11.6. The highest BCUT2D eigenvalue weighted by molar-refractivity contribution is 5.79. The minimum Gasteiger partial charge on any atom is -0.497 e. The normalized spacial score (nSPS) is 11.2. The van der Waals surface area contributed by atoms with E-state index in [9.17, 15) is 4.79 Å². The first-order valence-electron chi connectivity index (χ1n) is 9.03. The lowest BCUT2D eigenvalue weighted by atomic mass is 10.2. The molecule has 1 aromatic heterocycles. The molecule has 0 spiro atoms. The summed E-state index contributed by atoms with van der Waals surface area (Å²) < 4.78 is 6.91. The number of nitrogens with zero attached hydrogens (tertiary/aromatic N) is 2. The molecule has 0 fully saturated rings. The topological polar surface area (TPSA) is 67.7 Å². The van der Waals surface area contributed by atoms with Crippen molar-refractivity contribution in [3.63, 3.8) is 0 Å². The predicted molar refractivity (Wildman–Crippen MR) is 106 cm³/mol. The van der Waals surface area contributed by atoms with Gasteiger partial charge in [0.05, 0.1) is 13.7 Å². The Balaban J connectivity index is 1.76. The molecule has 0 aliphatic carbocycles. The van der Waals surface area contributed by atoms with Gasteiger partial charge in [-0.3, -0.25) is 4.79 Å². The zero-order valence-corrected chi connectivity index (χ0v) is 15.6. The van der Waals surface area contributed by atoms with Crippen LogP contribution in [-0.4, -0.2) is 30.7 Å². The highest BCUT2D eigenvalue weighted by Gasteiger charge is 1.99. The first-order chi connectivity index (χ1) is 12.7. The fourth-order valence-electron chi connectivity index (χ4n) is 2.50. The molecular formula is C20H28N4O2. The van der Waals surface area contributed by atoms with E-state index in [1.807, 2.05) is 43.5 Å². The maximum Gasteiger partial charge on any atom is 0.250 e. The largest absolute Gasteiger partial charge is 0.497 e. The van der Waals surface area contributed by atoms with Crippen LogP contribution in [0.25, 0.3) is 0 Å². The number of pyridine rings is 1. The Morgan fingerprint density at radius 3 is 2.62 bits per heavy atom. The van der Waals surface area contributed by atoms with E-state index in [0.717, 1.165) is 49.7 Å². The van der Waals surface area contributed by atoms with Crippen LogP contribution in [0, 0.1) is 0 Å². The number of ether oxygens (including phenoxy) is 1. The molecule has 2 rings (SSSR count). The number of aromatic nitrogens is 1. The SMILES string of the molecule is CCNC(=NCc1ccc(OC)cc1)NCCCCn1ccccc1=O. The van der Waals surface area contributed by atoms with Gasteiger partial charge in [-0.05, 0) is 43.5 Å². The smallest absolute Gasteiger partial charge is 0.250 e. The number of nitrogens with one attached hydrogen (secondary N) is 2. The van der Waals surface area contributed by atoms with Crippen molar-refractivity contribution in [2.24, 2.45) is 4.99 Å². The first kappa shape index (κ1) is 19.6. The van der Waals surface area contributed by atoms with Crippen molar-refractivity contribution in [2.75, 3.05) is 20.2 Å². The minimum atomic E-state index is 0.0508. The number of guanidine groups is 1. The summed E-state index contributed by atoms with van der Waals surface area (Å²) in [5, 5.41) is 6.59. The maximum atomic E-state index is 11.6. The summed E-state index contributed by atoms with van der Waals surface area (Å²) in [6.07, 6.45) is 3.74. The number of unbranched alkanes of at least 4 members (excludes halogenated alkanes) is 1. The molecule has 0 bridgehead atoms. The Kier molecular flexibility index (Phi) is 8.26. The summed E-state index contributed by atoms with van der Waals surface area (Å²) in [6.45, 7) is 5.02. The number of hydrogen-bond donors (Lipinski definition) is 2. The fourth-order valence-corrected chi connectivity index (χ4v) is 2.50. The Labute approximate surface area is 154 Å². The van der Waals surface area contributed by atoms with Gasteiger partial charge in [0.25, 0.3) is 0 Å². The minimum absolute atomic E-state index is 0.0508. The van der Waals surface area contributed by atoms with Crippen molar-refractivity contribution in [1.29, 1.82) is 0 Å². The third-order valence-corrected chi connectivity index (χ3v) is 3.94. The van der Waals surface area contributed by atoms with Crippen LogP contribution >= 0.6 is 0 Å². The van der Waals surface area contributed by atoms with Gasteiger partial charge in [-0.15, -0.1) is 0 Å². The molecule has 0 saturated carbocycles. The molecule has 2 N–H and O–H groups in total. The zero-order chi connectivity index (χ0) is 18.6. The van der Waals surface area contributed by atoms with Gasteiger partial charge in [-0.1, -0.05) is 18.2 Å². The molecule has 0 aliphatic heterocycles. The number of hydrogen-bond acceptors (Lipinski definition) is 3. The van der Waals surface area contributed by atoms with E-state index in [-0.39, 0.29) is 5.56 Å². The van der Waals surface area contributed by atoms with E-state index in [0.29, 0.717) is 6.54 Å². The average molecular weight is 356 g/mol. The predicted octanol–water partition coefficient (Wildman–Crippen LogP) is 2.39. The van der Waals surface area contributed by atoms with Crippen LogP contribution in [0.3, 0.4) is 0 Å². The van der Waals surface area contributed by atoms with E-state index >= 15 is 0 Å². The second-order valence-corrected chi connectivity index (χ2v) is 5.91. The molecular weight excluding hydrogens is 328 g/mol. The Hall–Kier alpha value is -2.76. The lowest BCUT2D eigenvalue weighted by Crippen LogP contribution is -2.37. The van der Waals surface area contributed by atoms with E-state index < -0.39 is 0 Å². The van der Waals surface area contributed by atoms with Crippen LogP contribution in [0.5, 0.6) is 5.75 Å². The van der Waals surface area contributed by atoms with Crippen molar-refractivity contribution in [2.45, 2.75) is 32.9 Å². The lowest BCUT2D eigenvalue weighted by molar-refractivity contribution is 0.414. The van der Waals surface area contributed by atoms with Crippen LogP contribution in [0.15, 0.2) is 58.4 Å². The third-order valence-electron chi connectivity index (χ3n) is 3.94. The summed E-state index contributed by atoms with van der Waals surface area (Å²) in [5.41, 5.74) is 1.18. The molecule has 6 heteroatoms. The molecule has 26 heavy (non-hydrogen) atoms. The van der Waals surface area contributed by atoms with Crippen molar-refractivity contribution in [3.8, 4) is 5.75 Å². The molecule has 6 nitrogen and oxygen atoms in total. The number of rotatable bonds is 9. The highest BCUT2D eigenvalue weighted by Crippen LogP contribution is 2.11. The number of benzene rings is 1. The summed E-state index contributed by atoms with van der Waals surface area (Å²) in [7, 11) is 1.66. The number of aryl methyl sites for hydroxylation is 1. The zero-order valence-electron chi connectivity index (χ0n) is 15.6. The van der Waals surface area contributed by atoms with Gasteiger partial charge < -0.3 is 19.9 Å². The second kappa shape index (κ2) is 11.0. The van der Waals surface area contributed by atoms with E-state index in [4.69, 9.17) is 4.74 Å². The van der Waals surface area contributed by atoms with Crippen LogP contribution in [0.2, 0.25) is 0 Å². The van der Waals surface area contributed by atoms with Crippen molar-refractivity contribution < 1.29 is 4.74 Å². The van der Waals surface area contributed by atoms with E-state index in [1.54, 1.807) is 23.8 Å². The molecule has 0 amide bonds. The van der Waals surface area contributed by atoms with Gasteiger partial charge in [0.1, 0.15) is 5.75 Å². The van der Waals surface area contributed by atoms with Crippen molar-refractivity contribution in [3.05, 3.63) is 64.6 Å². The summed E-state index contributed by atoms with van der Waals surface area (Å²) in [6, 6.07) is 13.2. The standard InChI is InChI=1S/C20H28N4O2/c1-3-21-20(23-16-17-9-11-18(26-2)12-10-17)22-13-5-7-15-24-14-6-4-8-19(24)25/h4,6,8-12,14H,3,5,7,13,15-16H2,1-2H3,(H2,21,22,23). The molecule has 0 unspecified atom stereocenters. The molecule has 0 radical (unpaired) electrons. The van der Waals surface area contributed by atoms with Gasteiger partial charge in [-0.25, -0.2) is 4.99 Å². The summed E-state index contributed by atoms with van der Waals surface area (Å²) in [4.78, 5) is 16.3. The number of methoxy groups -OCH3 is 1. The second-order valence-electron chi connectivity index (χ2n) is 5.91. The van der Waals surface area contributed by atoms with Crippen LogP contribution in [-0.2, 0) is 13.1 Å². The number of aliphatic imine (C=N–C) groups is 1. The Bertz CT molecular complexity index is 738. The Morgan fingerprint density at radius 2 is 1.92 bits per heavy atom. The molecule has 1 aromatic carbocycles. The first-order valence-corrected chi connectivity index (χ1v) is 9.03. The van der Waals surface area contributed by atoms with Crippen molar-refractivity contribution in [1.82, 2.24) is 15.2 Å². The quantitative estimate of drug-likeness (QED) is 0.411. The van der Waals surface area contributed by atoms with Gasteiger partial charge in [0.15, 0.2) is 5.96 Å². The summed E-state index contributed by atoms with van der Waals surface area (Å²) in [5.74, 6) is 1.65. The fraction of sp³-hybridized carbons (Fsp3) is 0.400. The van der Waals surface area contributed by atoms with Crippen LogP contribution in [0.4, 0.5) is 0 Å². The molecule has 0 aliphatic rings. The van der Waals surface area contributed by atoms with Crippen molar-refractivity contribution >= 4 is 5.96 Å². The molecule has 140 valence electrons. The van der Waals surface area contributed by atoms with Gasteiger partial charge >= 0.3 is 0 Å². The van der Waals surface area contributed by atoms with Gasteiger partial charge in [0, 0.05) is 31.9 Å². The van der Waals surface area contributed by atoms with E-state index in [1.165, 1.54) is 0 Å². The molecule has 0 saturated heterocycles. The van der Waals surface area contributed by atoms with E-state index in [2.05, 4.69) is 15.6 Å². The van der Waals surface area contributed by atoms with Gasteiger partial charge in [0.2, 0.25) is 5.56 Å². The highest BCUT2D eigenvalue weighted by atomic mass is 16.5. The molecule has 2 aromatic rings. The van der Waals surface area contributed by atoms with Crippen LogP contribution in [0.1, 0.15) is 25.3 Å². The lowest BCUT2D eigenvalue weighted by Gasteiger charge is -2.11. The van der Waals surface area contributed by atoms with Crippen LogP contribution < -0.4 is 20.9 Å². The monoisotopic (exact) mass is 356 g/mol. The summed E-state index contributed by atoms with van der Waals surface area (Å²) >= 11 is 0. The third kappa shape index (κ3) is 6.63. The Morgan fingerprint density at radius 1 is 1.12 bits per heavy atom. The molecule has 0 atom stereocenters.